The minimum absolute atomic E-state index is 0.0652. The largest absolute Gasteiger partial charge is 0.374 e. The van der Waals surface area contributed by atoms with Gasteiger partial charge in [-0.15, -0.1) is 0 Å². The summed E-state index contributed by atoms with van der Waals surface area (Å²) in [5.41, 5.74) is 8.71. The van der Waals surface area contributed by atoms with Crippen LogP contribution in [-0.2, 0) is 4.79 Å². The molecular formula is C25H28N4O2. The van der Waals surface area contributed by atoms with Gasteiger partial charge in [0, 0.05) is 50.1 Å². The smallest absolute Gasteiger partial charge is 0.219 e. The molecule has 3 N–H and O–H groups in total. The fourth-order valence-electron chi connectivity index (χ4n) is 4.47. The average Bonchev–Trinajstić information content (AvgIpc) is 2.81. The highest BCUT2D eigenvalue weighted by atomic mass is 16.3. The second-order valence-corrected chi connectivity index (χ2v) is 7.94. The number of hydrogen-bond donors (Lipinski definition) is 2. The molecule has 3 aromatic rings. The van der Waals surface area contributed by atoms with Gasteiger partial charge in [-0.2, -0.15) is 0 Å². The van der Waals surface area contributed by atoms with Crippen LogP contribution in [0.3, 0.4) is 0 Å². The van der Waals surface area contributed by atoms with Gasteiger partial charge in [0.05, 0.1) is 6.04 Å². The molecule has 1 fully saturated rings. The van der Waals surface area contributed by atoms with Crippen LogP contribution in [0.1, 0.15) is 35.4 Å². The molecule has 0 aliphatic carbocycles. The second-order valence-electron chi connectivity index (χ2n) is 7.94. The Morgan fingerprint density at radius 2 is 1.58 bits per heavy atom. The lowest BCUT2D eigenvalue weighted by molar-refractivity contribution is -0.123. The Kier molecular flexibility index (Phi) is 6.72. The van der Waals surface area contributed by atoms with E-state index in [1.54, 1.807) is 18.5 Å². The van der Waals surface area contributed by atoms with Gasteiger partial charge < -0.3 is 10.8 Å². The number of aromatic nitrogens is 1. The number of pyridine rings is 1. The van der Waals surface area contributed by atoms with Crippen molar-refractivity contribution in [2.45, 2.75) is 24.7 Å². The monoisotopic (exact) mass is 416 g/mol. The quantitative estimate of drug-likeness (QED) is 0.619. The van der Waals surface area contributed by atoms with E-state index >= 15 is 0 Å². The molecule has 1 unspecified atom stereocenters. The zero-order valence-corrected chi connectivity index (χ0v) is 17.4. The van der Waals surface area contributed by atoms with Gasteiger partial charge in [-0.05, 0) is 17.2 Å². The van der Waals surface area contributed by atoms with Crippen LogP contribution in [0.25, 0.3) is 0 Å². The Morgan fingerprint density at radius 1 is 0.968 bits per heavy atom. The molecule has 0 spiro atoms. The Morgan fingerprint density at radius 3 is 2.13 bits per heavy atom. The van der Waals surface area contributed by atoms with E-state index in [2.05, 4.69) is 58.4 Å². The molecule has 0 radical (unpaired) electrons. The molecule has 1 aliphatic heterocycles. The molecule has 6 nitrogen and oxygen atoms in total. The Labute approximate surface area is 182 Å². The van der Waals surface area contributed by atoms with Gasteiger partial charge in [-0.3, -0.25) is 19.6 Å². The van der Waals surface area contributed by atoms with Gasteiger partial charge >= 0.3 is 0 Å². The number of carbonyl (C=O) groups excluding carboxylic acids is 1. The van der Waals surface area contributed by atoms with Crippen molar-refractivity contribution in [1.29, 1.82) is 0 Å². The van der Waals surface area contributed by atoms with Crippen molar-refractivity contribution in [2.75, 3.05) is 19.6 Å². The first kappa shape index (κ1) is 21.2. The molecule has 160 valence electrons. The normalized spacial score (nSPS) is 18.7. The number of benzene rings is 2. The molecule has 2 aromatic carbocycles. The van der Waals surface area contributed by atoms with E-state index in [0.29, 0.717) is 18.7 Å². The third-order valence-corrected chi connectivity index (χ3v) is 5.89. The van der Waals surface area contributed by atoms with Crippen molar-refractivity contribution >= 4 is 5.91 Å². The molecule has 0 saturated carbocycles. The third kappa shape index (κ3) is 4.99. The van der Waals surface area contributed by atoms with E-state index in [9.17, 15) is 9.90 Å². The summed E-state index contributed by atoms with van der Waals surface area (Å²) in [7, 11) is 0. The van der Waals surface area contributed by atoms with Crippen LogP contribution in [0.2, 0.25) is 0 Å². The highest BCUT2D eigenvalue weighted by Gasteiger charge is 2.36. The van der Waals surface area contributed by atoms with Crippen LogP contribution in [0.15, 0.2) is 85.2 Å². The van der Waals surface area contributed by atoms with Crippen LogP contribution in [0.4, 0.5) is 0 Å². The zero-order chi connectivity index (χ0) is 21.6. The standard InChI is InChI=1S/C25H28N4O2/c26-23(30)16-22-18-28(14-15-29(22)25(31)21-12-7-13-27-17-21)24(19-8-3-1-4-9-19)20-10-5-2-6-11-20/h1-13,17,22,24-25,31H,14-16,18H2,(H2,26,30)/t22-,25?/m0/s1. The van der Waals surface area contributed by atoms with Crippen molar-refractivity contribution < 1.29 is 9.90 Å². The Bertz CT molecular complexity index is 929. The maximum atomic E-state index is 11.9. The Balaban J connectivity index is 1.63. The topological polar surface area (TPSA) is 82.7 Å². The first-order valence-corrected chi connectivity index (χ1v) is 10.6. The van der Waals surface area contributed by atoms with Crippen molar-refractivity contribution in [3.05, 3.63) is 102 Å². The number of rotatable bonds is 7. The first-order chi connectivity index (χ1) is 15.1. The van der Waals surface area contributed by atoms with Gasteiger partial charge in [0.25, 0.3) is 0 Å². The lowest BCUT2D eigenvalue weighted by Gasteiger charge is -2.46. The molecule has 31 heavy (non-hydrogen) atoms. The molecule has 1 aromatic heterocycles. The molecule has 0 bridgehead atoms. The number of piperazine rings is 1. The van der Waals surface area contributed by atoms with E-state index < -0.39 is 6.23 Å². The summed E-state index contributed by atoms with van der Waals surface area (Å²) >= 11 is 0. The molecule has 1 saturated heterocycles. The van der Waals surface area contributed by atoms with Crippen molar-refractivity contribution in [3.8, 4) is 0 Å². The van der Waals surface area contributed by atoms with Crippen molar-refractivity contribution in [1.82, 2.24) is 14.8 Å². The second kappa shape index (κ2) is 9.83. The van der Waals surface area contributed by atoms with E-state index in [0.717, 1.165) is 6.54 Å². The minimum Gasteiger partial charge on any atom is -0.374 e. The van der Waals surface area contributed by atoms with Crippen LogP contribution in [0.5, 0.6) is 0 Å². The molecule has 4 rings (SSSR count). The summed E-state index contributed by atoms with van der Waals surface area (Å²) in [6, 6.07) is 24.3. The van der Waals surface area contributed by atoms with E-state index in [1.807, 2.05) is 23.1 Å². The number of carbonyl (C=O) groups is 1. The van der Waals surface area contributed by atoms with Gasteiger partial charge in [-0.25, -0.2) is 0 Å². The fraction of sp³-hybridized carbons (Fsp3) is 0.280. The predicted octanol–water partition coefficient (Wildman–Crippen LogP) is 2.72. The highest BCUT2D eigenvalue weighted by molar-refractivity contribution is 5.74. The minimum atomic E-state index is -0.827. The molecule has 2 heterocycles. The average molecular weight is 417 g/mol. The highest BCUT2D eigenvalue weighted by Crippen LogP contribution is 2.33. The number of nitrogens with two attached hydrogens (primary N) is 1. The summed E-state index contributed by atoms with van der Waals surface area (Å²) in [6.07, 6.45) is 2.70. The SMILES string of the molecule is NC(=O)C[C@H]1CN(C(c2ccccc2)c2ccccc2)CCN1C(O)c1cccnc1. The summed E-state index contributed by atoms with van der Waals surface area (Å²) in [5, 5.41) is 11.0. The van der Waals surface area contributed by atoms with Crippen molar-refractivity contribution in [2.24, 2.45) is 5.73 Å². The van der Waals surface area contributed by atoms with Crippen LogP contribution < -0.4 is 5.73 Å². The van der Waals surface area contributed by atoms with Crippen LogP contribution >= 0.6 is 0 Å². The first-order valence-electron chi connectivity index (χ1n) is 10.6. The summed E-state index contributed by atoms with van der Waals surface area (Å²) in [6.45, 7) is 1.99. The van der Waals surface area contributed by atoms with Gasteiger partial charge in [0.15, 0.2) is 0 Å². The van der Waals surface area contributed by atoms with Crippen LogP contribution in [-0.4, -0.2) is 51.5 Å². The van der Waals surface area contributed by atoms with E-state index in [-0.39, 0.29) is 24.4 Å². The molecule has 1 amide bonds. The summed E-state index contributed by atoms with van der Waals surface area (Å²) in [5.74, 6) is -0.369. The fourth-order valence-corrected chi connectivity index (χ4v) is 4.47. The molecular weight excluding hydrogens is 388 g/mol. The predicted molar refractivity (Wildman–Crippen MR) is 120 cm³/mol. The lowest BCUT2D eigenvalue weighted by atomic mass is 9.94. The van der Waals surface area contributed by atoms with Gasteiger partial charge in [0.1, 0.15) is 6.23 Å². The van der Waals surface area contributed by atoms with E-state index in [4.69, 9.17) is 5.73 Å². The maximum Gasteiger partial charge on any atom is 0.219 e. The third-order valence-electron chi connectivity index (χ3n) is 5.89. The Hall–Kier alpha value is -3.06. The maximum absolute atomic E-state index is 11.9. The molecule has 6 heteroatoms. The zero-order valence-electron chi connectivity index (χ0n) is 17.4. The van der Waals surface area contributed by atoms with E-state index in [1.165, 1.54) is 11.1 Å². The molecule has 2 atom stereocenters. The van der Waals surface area contributed by atoms with Gasteiger partial charge in [0.2, 0.25) is 5.91 Å². The van der Waals surface area contributed by atoms with Crippen LogP contribution in [0, 0.1) is 0 Å². The number of aliphatic hydroxyl groups excluding tert-OH is 1. The number of hydrogen-bond acceptors (Lipinski definition) is 5. The summed E-state index contributed by atoms with van der Waals surface area (Å²) < 4.78 is 0. The van der Waals surface area contributed by atoms with Gasteiger partial charge in [-0.1, -0.05) is 66.7 Å². The molecule has 1 aliphatic rings. The number of primary amides is 1. The number of nitrogens with zero attached hydrogens (tertiary/aromatic N) is 3. The number of aliphatic hydroxyl groups is 1. The van der Waals surface area contributed by atoms with Crippen molar-refractivity contribution in [3.63, 3.8) is 0 Å². The number of amides is 1. The lowest BCUT2D eigenvalue weighted by Crippen LogP contribution is -2.56. The summed E-state index contributed by atoms with van der Waals surface area (Å²) in [4.78, 5) is 20.3.